The molecule has 3 aromatic carbocycles. The quantitative estimate of drug-likeness (QED) is 0.243. The van der Waals surface area contributed by atoms with Crippen molar-refractivity contribution < 1.29 is 18.7 Å². The van der Waals surface area contributed by atoms with E-state index in [0.29, 0.717) is 24.5 Å². The third kappa shape index (κ3) is 7.69. The predicted molar refractivity (Wildman–Crippen MR) is 165 cm³/mol. The zero-order valence-electron chi connectivity index (χ0n) is 24.7. The van der Waals surface area contributed by atoms with Crippen molar-refractivity contribution in [2.24, 2.45) is 0 Å². The van der Waals surface area contributed by atoms with E-state index in [9.17, 15) is 9.18 Å². The molecule has 1 amide bonds. The third-order valence-corrected chi connectivity index (χ3v) is 7.91. The lowest BCUT2D eigenvalue weighted by molar-refractivity contribution is 0.0952. The number of aromatic nitrogens is 1. The summed E-state index contributed by atoms with van der Waals surface area (Å²) in [5, 5.41) is 4.01. The Labute approximate surface area is 247 Å². The Morgan fingerprint density at radius 2 is 1.69 bits per heavy atom. The first-order valence-electron chi connectivity index (χ1n) is 14.8. The molecular weight excluding hydrogens is 531 g/mol. The summed E-state index contributed by atoms with van der Waals surface area (Å²) in [5.41, 5.74) is 3.89. The molecule has 0 atom stereocenters. The largest absolute Gasteiger partial charge is 0.495 e. The van der Waals surface area contributed by atoms with E-state index in [0.717, 1.165) is 80.9 Å². The minimum atomic E-state index is -0.251. The van der Waals surface area contributed by atoms with Gasteiger partial charge < -0.3 is 24.3 Å². The van der Waals surface area contributed by atoms with Crippen LogP contribution in [0.25, 0.3) is 10.9 Å². The van der Waals surface area contributed by atoms with Crippen LogP contribution >= 0.6 is 0 Å². The Hall–Kier alpha value is -3.88. The van der Waals surface area contributed by atoms with Gasteiger partial charge in [-0.2, -0.15) is 0 Å². The summed E-state index contributed by atoms with van der Waals surface area (Å²) in [7, 11) is 1.68. The predicted octanol–water partition coefficient (Wildman–Crippen LogP) is 5.50. The van der Waals surface area contributed by atoms with Crippen molar-refractivity contribution in [2.45, 2.75) is 32.9 Å². The highest BCUT2D eigenvalue weighted by Gasteiger charge is 2.19. The second-order valence-corrected chi connectivity index (χ2v) is 11.0. The molecule has 222 valence electrons. The van der Waals surface area contributed by atoms with Crippen molar-refractivity contribution in [3.8, 4) is 11.5 Å². The number of aryl methyl sites for hydroxylation is 2. The van der Waals surface area contributed by atoms with Crippen LogP contribution in [0.2, 0.25) is 0 Å². The summed E-state index contributed by atoms with van der Waals surface area (Å²) >= 11 is 0. The maximum absolute atomic E-state index is 13.3. The number of nitrogens with one attached hydrogen (secondary N) is 1. The van der Waals surface area contributed by atoms with Gasteiger partial charge in [0.15, 0.2) is 0 Å². The van der Waals surface area contributed by atoms with Gasteiger partial charge in [-0.15, -0.1) is 0 Å². The molecule has 1 fully saturated rings. The van der Waals surface area contributed by atoms with Crippen LogP contribution in [0.15, 0.2) is 72.9 Å². The van der Waals surface area contributed by atoms with Crippen molar-refractivity contribution in [3.05, 3.63) is 95.4 Å². The van der Waals surface area contributed by atoms with Gasteiger partial charge in [-0.25, -0.2) is 4.39 Å². The molecule has 1 N–H and O–H groups in total. The molecular formula is C34H41FN4O3. The highest BCUT2D eigenvalue weighted by atomic mass is 19.1. The second-order valence-electron chi connectivity index (χ2n) is 11.0. The minimum Gasteiger partial charge on any atom is -0.495 e. The van der Waals surface area contributed by atoms with E-state index in [4.69, 9.17) is 9.47 Å². The van der Waals surface area contributed by atoms with E-state index in [1.807, 2.05) is 36.5 Å². The summed E-state index contributed by atoms with van der Waals surface area (Å²) in [5.74, 6) is 1.15. The van der Waals surface area contributed by atoms with Crippen LogP contribution in [0.1, 0.15) is 34.3 Å². The molecule has 1 aliphatic rings. The summed E-state index contributed by atoms with van der Waals surface area (Å²) < 4.78 is 26.8. The Morgan fingerprint density at radius 3 is 2.45 bits per heavy atom. The van der Waals surface area contributed by atoms with Gasteiger partial charge in [0.1, 0.15) is 23.9 Å². The van der Waals surface area contributed by atoms with Crippen LogP contribution in [0.4, 0.5) is 4.39 Å². The van der Waals surface area contributed by atoms with Gasteiger partial charge in [0.05, 0.1) is 18.2 Å². The number of carbonyl (C=O) groups is 1. The molecule has 7 nitrogen and oxygen atoms in total. The Bertz CT molecular complexity index is 1470. The molecule has 0 spiro atoms. The van der Waals surface area contributed by atoms with Crippen LogP contribution < -0.4 is 14.8 Å². The fourth-order valence-electron chi connectivity index (χ4n) is 5.71. The first-order chi connectivity index (χ1) is 20.5. The molecule has 0 radical (unpaired) electrons. The molecule has 1 saturated heterocycles. The van der Waals surface area contributed by atoms with Crippen LogP contribution in [0.5, 0.6) is 11.5 Å². The lowest BCUT2D eigenvalue weighted by atomic mass is 10.1. The third-order valence-electron chi connectivity index (χ3n) is 7.91. The SMILES string of the molecule is COc1cccc2c(C(=O)NCc3cccc(C)c3)cn(CCCN3CCCN(CCOc4ccc(F)cc4)CC3)c12. The number of halogens is 1. The van der Waals surface area contributed by atoms with Crippen LogP contribution in [0, 0.1) is 12.7 Å². The number of benzene rings is 3. The number of rotatable bonds is 12. The molecule has 0 aliphatic carbocycles. The molecule has 8 heteroatoms. The summed E-state index contributed by atoms with van der Waals surface area (Å²) in [6, 6.07) is 20.3. The molecule has 5 rings (SSSR count). The number of amides is 1. The number of fused-ring (bicyclic) bond motifs is 1. The van der Waals surface area contributed by atoms with Gasteiger partial charge in [0.2, 0.25) is 0 Å². The van der Waals surface area contributed by atoms with Crippen molar-refractivity contribution in [1.29, 1.82) is 0 Å². The van der Waals surface area contributed by atoms with Crippen LogP contribution in [0.3, 0.4) is 0 Å². The zero-order valence-corrected chi connectivity index (χ0v) is 24.7. The van der Waals surface area contributed by atoms with E-state index in [2.05, 4.69) is 38.7 Å². The molecule has 0 unspecified atom stereocenters. The van der Waals surface area contributed by atoms with Gasteiger partial charge in [-0.1, -0.05) is 42.0 Å². The number of carbonyl (C=O) groups excluding carboxylic acids is 1. The van der Waals surface area contributed by atoms with Crippen molar-refractivity contribution in [3.63, 3.8) is 0 Å². The maximum atomic E-state index is 13.3. The average molecular weight is 573 g/mol. The number of hydrogen-bond acceptors (Lipinski definition) is 5. The minimum absolute atomic E-state index is 0.0791. The molecule has 1 aliphatic heterocycles. The molecule has 1 aromatic heterocycles. The van der Waals surface area contributed by atoms with Gasteiger partial charge in [0, 0.05) is 44.3 Å². The maximum Gasteiger partial charge on any atom is 0.253 e. The Balaban J connectivity index is 1.15. The normalized spacial score (nSPS) is 14.5. The highest BCUT2D eigenvalue weighted by Crippen LogP contribution is 2.30. The zero-order chi connectivity index (χ0) is 29.3. The lowest BCUT2D eigenvalue weighted by Gasteiger charge is -2.22. The van der Waals surface area contributed by atoms with E-state index < -0.39 is 0 Å². The van der Waals surface area contributed by atoms with Crippen molar-refractivity contribution in [1.82, 2.24) is 19.7 Å². The highest BCUT2D eigenvalue weighted by molar-refractivity contribution is 6.08. The number of para-hydroxylation sites is 1. The van der Waals surface area contributed by atoms with Gasteiger partial charge in [0.25, 0.3) is 5.91 Å². The van der Waals surface area contributed by atoms with Crippen molar-refractivity contribution in [2.75, 3.05) is 53.0 Å². The molecule has 0 bridgehead atoms. The fraction of sp³-hybridized carbons (Fsp3) is 0.382. The lowest BCUT2D eigenvalue weighted by Crippen LogP contribution is -2.33. The average Bonchev–Trinajstić information content (AvgIpc) is 3.22. The van der Waals surface area contributed by atoms with E-state index >= 15 is 0 Å². The van der Waals surface area contributed by atoms with E-state index in [1.165, 1.54) is 17.7 Å². The topological polar surface area (TPSA) is 59.0 Å². The van der Waals surface area contributed by atoms with Gasteiger partial charge in [-0.3, -0.25) is 9.69 Å². The summed E-state index contributed by atoms with van der Waals surface area (Å²) in [6.07, 6.45) is 4.06. The monoisotopic (exact) mass is 572 g/mol. The van der Waals surface area contributed by atoms with Crippen LogP contribution in [-0.4, -0.2) is 73.3 Å². The molecule has 2 heterocycles. The fourth-order valence-corrected chi connectivity index (χ4v) is 5.71. The summed E-state index contributed by atoms with van der Waals surface area (Å²) in [4.78, 5) is 18.3. The first-order valence-corrected chi connectivity index (χ1v) is 14.8. The van der Waals surface area contributed by atoms with Crippen LogP contribution in [-0.2, 0) is 13.1 Å². The standard InChI is InChI=1S/C34H41FN4O3/c1-26-7-3-8-27(23-26)24-36-34(40)31-25-39(33-30(31)9-4-10-32(33)41-2)18-6-17-37-15-5-16-38(20-19-37)21-22-42-29-13-11-28(35)12-14-29/h3-4,7-14,23,25H,5-6,15-22,24H2,1-2H3,(H,36,40). The van der Waals surface area contributed by atoms with Gasteiger partial charge >= 0.3 is 0 Å². The molecule has 4 aromatic rings. The second kappa shape index (κ2) is 14.3. The van der Waals surface area contributed by atoms with E-state index in [1.54, 1.807) is 19.2 Å². The molecule has 0 saturated carbocycles. The number of methoxy groups -OCH3 is 1. The Morgan fingerprint density at radius 1 is 0.929 bits per heavy atom. The van der Waals surface area contributed by atoms with Crippen molar-refractivity contribution >= 4 is 16.8 Å². The summed E-state index contributed by atoms with van der Waals surface area (Å²) in [6.45, 7) is 9.90. The number of hydrogen-bond donors (Lipinski definition) is 1. The smallest absolute Gasteiger partial charge is 0.253 e. The Kier molecular flexibility index (Phi) is 10.1. The van der Waals surface area contributed by atoms with Gasteiger partial charge in [-0.05, 0) is 75.3 Å². The molecule has 42 heavy (non-hydrogen) atoms. The number of nitrogens with zero attached hydrogens (tertiary/aromatic N) is 3. The first kappa shape index (κ1) is 29.6. The van der Waals surface area contributed by atoms with E-state index in [-0.39, 0.29) is 11.7 Å². The number of ether oxygens (including phenoxy) is 2.